The van der Waals surface area contributed by atoms with Crippen molar-refractivity contribution < 1.29 is 9.47 Å². The van der Waals surface area contributed by atoms with Crippen molar-refractivity contribution in [1.82, 2.24) is 0 Å². The highest BCUT2D eigenvalue weighted by molar-refractivity contribution is 4.50. The van der Waals surface area contributed by atoms with E-state index in [9.17, 15) is 0 Å². The van der Waals surface area contributed by atoms with Gasteiger partial charge >= 0.3 is 0 Å². The largest absolute Gasteiger partial charge is 0.353 e. The molecule has 0 aliphatic carbocycles. The minimum absolute atomic E-state index is 0.234. The van der Waals surface area contributed by atoms with E-state index in [1.165, 1.54) is 0 Å². The van der Waals surface area contributed by atoms with Crippen LogP contribution >= 0.6 is 0 Å². The smallest absolute Gasteiger partial charge is 0.163 e. The zero-order valence-electron chi connectivity index (χ0n) is 6.86. The third kappa shape index (κ3) is 5.66. The first-order valence-corrected chi connectivity index (χ1v) is 3.59. The van der Waals surface area contributed by atoms with Crippen molar-refractivity contribution in [3.05, 3.63) is 10.4 Å². The lowest BCUT2D eigenvalue weighted by molar-refractivity contribution is -0.128. The lowest BCUT2D eigenvalue weighted by Gasteiger charge is -2.13. The molecule has 0 bridgehead atoms. The van der Waals surface area contributed by atoms with Crippen molar-refractivity contribution >= 4 is 0 Å². The Morgan fingerprint density at radius 2 is 1.91 bits per heavy atom. The molecule has 11 heavy (non-hydrogen) atoms. The Morgan fingerprint density at radius 3 is 2.27 bits per heavy atom. The van der Waals surface area contributed by atoms with E-state index < -0.39 is 0 Å². The predicted molar refractivity (Wildman–Crippen MR) is 41.1 cm³/mol. The van der Waals surface area contributed by atoms with Crippen LogP contribution in [0.25, 0.3) is 10.4 Å². The van der Waals surface area contributed by atoms with Crippen LogP contribution < -0.4 is 0 Å². The summed E-state index contributed by atoms with van der Waals surface area (Å²) >= 11 is 0. The van der Waals surface area contributed by atoms with Gasteiger partial charge in [0.05, 0.1) is 6.54 Å². The molecule has 0 saturated carbocycles. The molecule has 0 spiro atoms. The maximum absolute atomic E-state index is 8.00. The third-order valence-corrected chi connectivity index (χ3v) is 0.999. The second-order valence-corrected chi connectivity index (χ2v) is 1.75. The van der Waals surface area contributed by atoms with Gasteiger partial charge in [-0.25, -0.2) is 0 Å². The summed E-state index contributed by atoms with van der Waals surface area (Å²) < 4.78 is 10.2. The van der Waals surface area contributed by atoms with Crippen LogP contribution in [0.3, 0.4) is 0 Å². The Kier molecular flexibility index (Phi) is 6.82. The topological polar surface area (TPSA) is 67.2 Å². The molecule has 0 atom stereocenters. The fourth-order valence-corrected chi connectivity index (χ4v) is 0.628. The number of azide groups is 1. The monoisotopic (exact) mass is 159 g/mol. The van der Waals surface area contributed by atoms with Gasteiger partial charge in [-0.05, 0) is 19.4 Å². The highest BCUT2D eigenvalue weighted by atomic mass is 16.7. The molecule has 0 unspecified atom stereocenters. The molecule has 0 fully saturated rings. The molecule has 0 aliphatic heterocycles. The summed E-state index contributed by atoms with van der Waals surface area (Å²) in [6.45, 7) is 5.08. The van der Waals surface area contributed by atoms with Gasteiger partial charge in [0.25, 0.3) is 0 Å². The molecule has 0 heterocycles. The number of rotatable bonds is 6. The molecule has 0 aliphatic rings. The zero-order valence-corrected chi connectivity index (χ0v) is 6.86. The van der Waals surface area contributed by atoms with E-state index in [1.807, 2.05) is 13.8 Å². The second kappa shape index (κ2) is 7.34. The van der Waals surface area contributed by atoms with Crippen LogP contribution in [-0.4, -0.2) is 26.0 Å². The molecule has 0 saturated heterocycles. The summed E-state index contributed by atoms with van der Waals surface area (Å²) in [5.74, 6) is 0. The van der Waals surface area contributed by atoms with Gasteiger partial charge in [0.2, 0.25) is 0 Å². The van der Waals surface area contributed by atoms with Crippen LogP contribution in [0, 0.1) is 0 Å². The fraction of sp³-hybridized carbons (Fsp3) is 1.00. The molecule has 5 nitrogen and oxygen atoms in total. The summed E-state index contributed by atoms with van der Waals surface area (Å²) in [7, 11) is 0. The van der Waals surface area contributed by atoms with Crippen LogP contribution in [-0.2, 0) is 9.47 Å². The Balaban J connectivity index is 3.58. The van der Waals surface area contributed by atoms with Crippen molar-refractivity contribution in [3.8, 4) is 0 Å². The number of ether oxygens (including phenoxy) is 2. The van der Waals surface area contributed by atoms with Gasteiger partial charge in [-0.15, -0.1) is 0 Å². The predicted octanol–water partition coefficient (Wildman–Crippen LogP) is 1.70. The molecular weight excluding hydrogens is 146 g/mol. The Morgan fingerprint density at radius 1 is 1.36 bits per heavy atom. The van der Waals surface area contributed by atoms with E-state index in [2.05, 4.69) is 10.0 Å². The maximum atomic E-state index is 8.00. The Hall–Kier alpha value is -0.770. The number of hydrogen-bond acceptors (Lipinski definition) is 3. The summed E-state index contributed by atoms with van der Waals surface area (Å²) in [4.78, 5) is 2.60. The van der Waals surface area contributed by atoms with Crippen LogP contribution in [0.4, 0.5) is 0 Å². The molecular formula is C6H13N3O2. The molecule has 0 aromatic rings. The minimum Gasteiger partial charge on any atom is -0.353 e. The molecule has 64 valence electrons. The summed E-state index contributed by atoms with van der Waals surface area (Å²) in [6, 6.07) is 0. The molecule has 0 aromatic heterocycles. The van der Waals surface area contributed by atoms with E-state index in [-0.39, 0.29) is 12.8 Å². The summed E-state index contributed by atoms with van der Waals surface area (Å²) in [5.41, 5.74) is 8.00. The standard InChI is InChI=1S/C6H13N3O2/c1-3-10-6(11-4-2)5-8-9-7/h6H,3-5H2,1-2H3. The normalized spacial score (nSPS) is 9.73. The van der Waals surface area contributed by atoms with Crippen LogP contribution in [0.15, 0.2) is 5.11 Å². The maximum Gasteiger partial charge on any atom is 0.163 e. The van der Waals surface area contributed by atoms with Gasteiger partial charge in [0.15, 0.2) is 6.29 Å². The fourth-order valence-electron chi connectivity index (χ4n) is 0.628. The second-order valence-electron chi connectivity index (χ2n) is 1.75. The van der Waals surface area contributed by atoms with Gasteiger partial charge in [-0.2, -0.15) is 0 Å². The highest BCUT2D eigenvalue weighted by Gasteiger charge is 2.04. The number of nitrogens with zero attached hydrogens (tertiary/aromatic N) is 3. The Bertz CT molecular complexity index is 128. The van der Waals surface area contributed by atoms with Gasteiger partial charge < -0.3 is 9.47 Å². The van der Waals surface area contributed by atoms with E-state index in [1.54, 1.807) is 0 Å². The quantitative estimate of drug-likeness (QED) is 0.256. The van der Waals surface area contributed by atoms with Gasteiger partial charge in [-0.3, -0.25) is 0 Å². The Labute approximate surface area is 65.9 Å². The van der Waals surface area contributed by atoms with Crippen LogP contribution in [0.2, 0.25) is 0 Å². The average Bonchev–Trinajstić information content (AvgIpc) is 2.01. The molecule has 0 rings (SSSR count). The minimum atomic E-state index is -0.388. The van der Waals surface area contributed by atoms with Crippen molar-refractivity contribution in [2.24, 2.45) is 5.11 Å². The van der Waals surface area contributed by atoms with Gasteiger partial charge in [0.1, 0.15) is 0 Å². The lowest BCUT2D eigenvalue weighted by atomic mass is 10.6. The first kappa shape index (κ1) is 10.2. The molecule has 0 aromatic carbocycles. The molecule has 5 heteroatoms. The van der Waals surface area contributed by atoms with Crippen molar-refractivity contribution in [3.63, 3.8) is 0 Å². The van der Waals surface area contributed by atoms with Crippen molar-refractivity contribution in [1.29, 1.82) is 0 Å². The van der Waals surface area contributed by atoms with Crippen molar-refractivity contribution in [2.45, 2.75) is 20.1 Å². The zero-order chi connectivity index (χ0) is 8.53. The first-order chi connectivity index (χ1) is 5.35. The van der Waals surface area contributed by atoms with Gasteiger partial charge in [0, 0.05) is 18.1 Å². The van der Waals surface area contributed by atoms with E-state index in [0.29, 0.717) is 13.2 Å². The molecule has 0 radical (unpaired) electrons. The van der Waals surface area contributed by atoms with E-state index in [4.69, 9.17) is 15.0 Å². The third-order valence-electron chi connectivity index (χ3n) is 0.999. The van der Waals surface area contributed by atoms with E-state index >= 15 is 0 Å². The lowest BCUT2D eigenvalue weighted by Crippen LogP contribution is -2.20. The van der Waals surface area contributed by atoms with Crippen molar-refractivity contribution in [2.75, 3.05) is 19.8 Å². The van der Waals surface area contributed by atoms with E-state index in [0.717, 1.165) is 0 Å². The SMILES string of the molecule is CCOC(CN=[N+]=[N-])OCC. The first-order valence-electron chi connectivity index (χ1n) is 3.59. The molecule has 0 amide bonds. The molecule has 0 N–H and O–H groups in total. The van der Waals surface area contributed by atoms with Gasteiger partial charge in [-0.1, -0.05) is 5.11 Å². The summed E-state index contributed by atoms with van der Waals surface area (Å²) in [6.07, 6.45) is -0.388. The number of hydrogen-bond donors (Lipinski definition) is 0. The van der Waals surface area contributed by atoms with Crippen LogP contribution in [0.5, 0.6) is 0 Å². The summed E-state index contributed by atoms with van der Waals surface area (Å²) in [5, 5.41) is 3.34. The van der Waals surface area contributed by atoms with Crippen LogP contribution in [0.1, 0.15) is 13.8 Å². The highest BCUT2D eigenvalue weighted by Crippen LogP contribution is 1.95. The average molecular weight is 159 g/mol.